The third-order valence-corrected chi connectivity index (χ3v) is 2.59. The lowest BCUT2D eigenvalue weighted by Crippen LogP contribution is -2.17. The van der Waals surface area contributed by atoms with Gasteiger partial charge in [-0.1, -0.05) is 0 Å². The second kappa shape index (κ2) is 2.90. The van der Waals surface area contributed by atoms with Gasteiger partial charge in [-0.15, -0.1) is 0 Å². The number of rotatable bonds is 1. The van der Waals surface area contributed by atoms with Gasteiger partial charge in [0.25, 0.3) is 0 Å². The molecule has 0 saturated carbocycles. The average Bonchev–Trinajstić information content (AvgIpc) is 2.49. The number of imidazole rings is 1. The second-order valence-electron chi connectivity index (χ2n) is 3.44. The third kappa shape index (κ3) is 1.05. The standard InChI is InChI=1S/C9H14N2O/c1-7-3-2-4-8-5-10-9(6-12)11(7)8/h5,7,12H,2-4,6H2,1H3. The molecule has 1 unspecified atom stereocenters. The van der Waals surface area contributed by atoms with Gasteiger partial charge in [-0.05, 0) is 26.2 Å². The van der Waals surface area contributed by atoms with E-state index in [9.17, 15) is 0 Å². The fraction of sp³-hybridized carbons (Fsp3) is 0.667. The molecule has 1 atom stereocenters. The van der Waals surface area contributed by atoms with Gasteiger partial charge in [-0.25, -0.2) is 4.98 Å². The third-order valence-electron chi connectivity index (χ3n) is 2.59. The largest absolute Gasteiger partial charge is 0.388 e. The van der Waals surface area contributed by atoms with Gasteiger partial charge in [-0.3, -0.25) is 0 Å². The molecule has 2 heterocycles. The molecule has 2 rings (SSSR count). The molecule has 0 spiro atoms. The van der Waals surface area contributed by atoms with E-state index in [0.717, 1.165) is 12.2 Å². The van der Waals surface area contributed by atoms with Crippen molar-refractivity contribution in [3.05, 3.63) is 17.7 Å². The SMILES string of the molecule is CC1CCCc2cnc(CO)n21. The lowest BCUT2D eigenvalue weighted by Gasteiger charge is -2.23. The highest BCUT2D eigenvalue weighted by Gasteiger charge is 2.18. The summed E-state index contributed by atoms with van der Waals surface area (Å²) < 4.78 is 2.17. The molecular formula is C9H14N2O. The fourth-order valence-electron chi connectivity index (χ4n) is 1.99. The number of nitrogens with zero attached hydrogens (tertiary/aromatic N) is 2. The molecule has 12 heavy (non-hydrogen) atoms. The Morgan fingerprint density at radius 2 is 2.58 bits per heavy atom. The normalized spacial score (nSPS) is 22.3. The first-order valence-electron chi connectivity index (χ1n) is 4.48. The minimum atomic E-state index is 0.0599. The molecule has 1 aliphatic rings. The summed E-state index contributed by atoms with van der Waals surface area (Å²) in [6.45, 7) is 2.24. The van der Waals surface area contributed by atoms with Crippen molar-refractivity contribution in [1.82, 2.24) is 9.55 Å². The molecule has 3 heteroatoms. The minimum absolute atomic E-state index is 0.0599. The summed E-state index contributed by atoms with van der Waals surface area (Å²) in [5.74, 6) is 0.817. The number of hydrogen-bond acceptors (Lipinski definition) is 2. The van der Waals surface area contributed by atoms with Gasteiger partial charge >= 0.3 is 0 Å². The molecule has 66 valence electrons. The molecule has 3 nitrogen and oxygen atoms in total. The van der Waals surface area contributed by atoms with Gasteiger partial charge in [0.15, 0.2) is 0 Å². The molecule has 0 amide bonds. The molecule has 0 fully saturated rings. The van der Waals surface area contributed by atoms with E-state index in [-0.39, 0.29) is 6.61 Å². The van der Waals surface area contributed by atoms with Crippen LogP contribution in [0.1, 0.15) is 37.3 Å². The Bertz CT molecular complexity index is 267. The second-order valence-corrected chi connectivity index (χ2v) is 3.44. The molecule has 0 aromatic carbocycles. The Morgan fingerprint density at radius 1 is 1.75 bits per heavy atom. The quantitative estimate of drug-likeness (QED) is 0.682. The summed E-state index contributed by atoms with van der Waals surface area (Å²) in [5.41, 5.74) is 1.28. The van der Waals surface area contributed by atoms with Gasteiger partial charge < -0.3 is 9.67 Å². The Kier molecular flexibility index (Phi) is 1.89. The molecule has 1 aromatic rings. The van der Waals surface area contributed by atoms with Crippen LogP contribution < -0.4 is 0 Å². The summed E-state index contributed by atoms with van der Waals surface area (Å²) in [5, 5.41) is 9.02. The monoisotopic (exact) mass is 166 g/mol. The molecule has 0 bridgehead atoms. The molecule has 0 radical (unpaired) electrons. The van der Waals surface area contributed by atoms with Crippen LogP contribution in [0.4, 0.5) is 0 Å². The molecule has 1 aliphatic heterocycles. The van der Waals surface area contributed by atoms with Gasteiger partial charge in [0.2, 0.25) is 0 Å². The molecule has 1 aromatic heterocycles. The van der Waals surface area contributed by atoms with Crippen LogP contribution in [0, 0.1) is 0 Å². The van der Waals surface area contributed by atoms with Crippen molar-refractivity contribution in [3.63, 3.8) is 0 Å². The zero-order chi connectivity index (χ0) is 8.55. The van der Waals surface area contributed by atoms with E-state index in [0.29, 0.717) is 6.04 Å². The highest BCUT2D eigenvalue weighted by atomic mass is 16.3. The van der Waals surface area contributed by atoms with Crippen LogP contribution in [0.2, 0.25) is 0 Å². The van der Waals surface area contributed by atoms with Crippen molar-refractivity contribution >= 4 is 0 Å². The van der Waals surface area contributed by atoms with Gasteiger partial charge in [0.1, 0.15) is 12.4 Å². The zero-order valence-corrected chi connectivity index (χ0v) is 7.32. The first kappa shape index (κ1) is 7.80. The summed E-state index contributed by atoms with van der Waals surface area (Å²) in [6, 6.07) is 0.512. The summed E-state index contributed by atoms with van der Waals surface area (Å²) in [6.07, 6.45) is 5.45. The van der Waals surface area contributed by atoms with E-state index in [4.69, 9.17) is 5.11 Å². The number of fused-ring (bicyclic) bond motifs is 1. The number of aryl methyl sites for hydroxylation is 1. The minimum Gasteiger partial charge on any atom is -0.388 e. The van der Waals surface area contributed by atoms with Crippen LogP contribution in [0.25, 0.3) is 0 Å². The maximum atomic E-state index is 9.02. The van der Waals surface area contributed by atoms with E-state index in [1.165, 1.54) is 18.5 Å². The van der Waals surface area contributed by atoms with Gasteiger partial charge in [-0.2, -0.15) is 0 Å². The van der Waals surface area contributed by atoms with Crippen LogP contribution in [0.3, 0.4) is 0 Å². The molecule has 0 aliphatic carbocycles. The topological polar surface area (TPSA) is 38.1 Å². The number of hydrogen-bond donors (Lipinski definition) is 1. The summed E-state index contributed by atoms with van der Waals surface area (Å²) in [4.78, 5) is 4.18. The number of aliphatic hydroxyl groups is 1. The van der Waals surface area contributed by atoms with E-state index < -0.39 is 0 Å². The first-order valence-corrected chi connectivity index (χ1v) is 4.48. The van der Waals surface area contributed by atoms with Crippen molar-refractivity contribution in [1.29, 1.82) is 0 Å². The van der Waals surface area contributed by atoms with E-state index in [1.54, 1.807) is 0 Å². The smallest absolute Gasteiger partial charge is 0.134 e. The van der Waals surface area contributed by atoms with Crippen molar-refractivity contribution in [3.8, 4) is 0 Å². The van der Waals surface area contributed by atoms with Gasteiger partial charge in [0.05, 0.1) is 0 Å². The number of aliphatic hydroxyl groups excluding tert-OH is 1. The van der Waals surface area contributed by atoms with Crippen LogP contribution in [-0.4, -0.2) is 14.7 Å². The Morgan fingerprint density at radius 3 is 3.33 bits per heavy atom. The Balaban J connectivity index is 2.43. The van der Waals surface area contributed by atoms with Crippen molar-refractivity contribution in [2.24, 2.45) is 0 Å². The van der Waals surface area contributed by atoms with E-state index >= 15 is 0 Å². The molecule has 0 saturated heterocycles. The average molecular weight is 166 g/mol. The predicted octanol–water partition coefficient (Wildman–Crippen LogP) is 1.27. The fourth-order valence-corrected chi connectivity index (χ4v) is 1.99. The molecule has 1 N–H and O–H groups in total. The predicted molar refractivity (Wildman–Crippen MR) is 45.8 cm³/mol. The first-order chi connectivity index (χ1) is 5.83. The van der Waals surface area contributed by atoms with E-state index in [2.05, 4.69) is 16.5 Å². The van der Waals surface area contributed by atoms with Crippen LogP contribution in [0.5, 0.6) is 0 Å². The van der Waals surface area contributed by atoms with Crippen LogP contribution in [-0.2, 0) is 13.0 Å². The maximum Gasteiger partial charge on any atom is 0.134 e. The lowest BCUT2D eigenvalue weighted by atomic mass is 10.0. The van der Waals surface area contributed by atoms with E-state index in [1.807, 2.05) is 6.20 Å². The number of aromatic nitrogens is 2. The zero-order valence-electron chi connectivity index (χ0n) is 7.32. The van der Waals surface area contributed by atoms with Crippen molar-refractivity contribution in [2.75, 3.05) is 0 Å². The highest BCUT2D eigenvalue weighted by Crippen LogP contribution is 2.25. The summed E-state index contributed by atoms with van der Waals surface area (Å²) in [7, 11) is 0. The van der Waals surface area contributed by atoms with Crippen molar-refractivity contribution < 1.29 is 5.11 Å². The highest BCUT2D eigenvalue weighted by molar-refractivity contribution is 5.09. The van der Waals surface area contributed by atoms with Crippen LogP contribution in [0.15, 0.2) is 6.20 Å². The van der Waals surface area contributed by atoms with Crippen LogP contribution >= 0.6 is 0 Å². The van der Waals surface area contributed by atoms with Crippen molar-refractivity contribution in [2.45, 2.75) is 38.8 Å². The Hall–Kier alpha value is -0.830. The maximum absolute atomic E-state index is 9.02. The van der Waals surface area contributed by atoms with Gasteiger partial charge in [0, 0.05) is 17.9 Å². The molecular weight excluding hydrogens is 152 g/mol. The lowest BCUT2D eigenvalue weighted by molar-refractivity contribution is 0.256. The summed E-state index contributed by atoms with van der Waals surface area (Å²) >= 11 is 0. The Labute approximate surface area is 72.0 Å².